The predicted octanol–water partition coefficient (Wildman–Crippen LogP) is 1.15. The third-order valence-electron chi connectivity index (χ3n) is 3.02. The van der Waals surface area contributed by atoms with Gasteiger partial charge in [-0.05, 0) is 38.5 Å². The Morgan fingerprint density at radius 3 is 2.57 bits per heavy atom. The molecule has 8 heteroatoms. The number of sulfonamides is 1. The van der Waals surface area contributed by atoms with E-state index in [0.717, 1.165) is 0 Å². The fourth-order valence-electron chi connectivity index (χ4n) is 1.85. The first-order valence-electron chi connectivity index (χ1n) is 7.33. The molecule has 2 N–H and O–H groups in total. The van der Waals surface area contributed by atoms with Crippen molar-refractivity contribution in [2.45, 2.75) is 31.3 Å². The summed E-state index contributed by atoms with van der Waals surface area (Å²) in [5.41, 5.74) is 0.168. The van der Waals surface area contributed by atoms with Crippen molar-refractivity contribution in [2.24, 2.45) is 0 Å². The van der Waals surface area contributed by atoms with Crippen LogP contribution in [0.3, 0.4) is 0 Å². The lowest BCUT2D eigenvalue weighted by atomic mass is 10.2. The van der Waals surface area contributed by atoms with E-state index in [1.54, 1.807) is 0 Å². The number of carbonyl (C=O) groups excluding carboxylic acids is 1. The molecule has 1 amide bonds. The summed E-state index contributed by atoms with van der Waals surface area (Å²) in [5, 5.41) is 2.45. The maximum atomic E-state index is 12.3. The summed E-state index contributed by atoms with van der Waals surface area (Å²) in [5.74, 6) is -0.0992. The van der Waals surface area contributed by atoms with Gasteiger partial charge in [0.05, 0.1) is 23.7 Å². The van der Waals surface area contributed by atoms with Crippen molar-refractivity contribution in [1.82, 2.24) is 10.0 Å². The van der Waals surface area contributed by atoms with Gasteiger partial charge in [-0.1, -0.05) is 0 Å². The molecule has 0 atom stereocenters. The van der Waals surface area contributed by atoms with Crippen LogP contribution in [0.1, 0.15) is 30.6 Å². The lowest BCUT2D eigenvalue weighted by Crippen LogP contribution is -2.26. The summed E-state index contributed by atoms with van der Waals surface area (Å²) in [7, 11) is -0.804. The summed E-state index contributed by atoms with van der Waals surface area (Å²) in [6.07, 6.45) is 0.680. The van der Waals surface area contributed by atoms with Crippen molar-refractivity contribution in [1.29, 1.82) is 0 Å². The smallest absolute Gasteiger partial charge is 0.254 e. The third-order valence-corrected chi connectivity index (χ3v) is 4.48. The molecule has 0 aliphatic heterocycles. The topological polar surface area (TPSA) is 93.7 Å². The van der Waals surface area contributed by atoms with Gasteiger partial charge in [0.1, 0.15) is 5.75 Å². The number of hydrogen-bond acceptors (Lipinski definition) is 5. The van der Waals surface area contributed by atoms with Crippen LogP contribution in [0.25, 0.3) is 0 Å². The monoisotopic (exact) mass is 344 g/mol. The number of nitrogens with one attached hydrogen (secondary N) is 2. The highest BCUT2D eigenvalue weighted by atomic mass is 32.2. The van der Waals surface area contributed by atoms with Crippen LogP contribution in [-0.4, -0.2) is 47.7 Å². The van der Waals surface area contributed by atoms with E-state index in [9.17, 15) is 13.2 Å². The lowest BCUT2D eigenvalue weighted by molar-refractivity contribution is 0.0778. The summed E-state index contributed by atoms with van der Waals surface area (Å²) in [4.78, 5) is 11.8. The number of amides is 1. The van der Waals surface area contributed by atoms with Crippen LogP contribution in [0.15, 0.2) is 23.1 Å². The molecule has 0 radical (unpaired) electrons. The minimum absolute atomic E-state index is 0.0154. The quantitative estimate of drug-likeness (QED) is 0.656. The average Bonchev–Trinajstić information content (AvgIpc) is 2.52. The first kappa shape index (κ1) is 19.4. The number of benzene rings is 1. The Morgan fingerprint density at radius 1 is 1.30 bits per heavy atom. The number of ether oxygens (including phenoxy) is 2. The molecule has 0 unspecified atom stereocenters. The minimum atomic E-state index is -3.69. The van der Waals surface area contributed by atoms with E-state index in [4.69, 9.17) is 9.47 Å². The van der Waals surface area contributed by atoms with Gasteiger partial charge in [-0.3, -0.25) is 4.79 Å². The molecular weight excluding hydrogens is 320 g/mol. The largest absolute Gasteiger partial charge is 0.496 e. The van der Waals surface area contributed by atoms with Gasteiger partial charge in [0.15, 0.2) is 0 Å². The molecule has 0 saturated heterocycles. The summed E-state index contributed by atoms with van der Waals surface area (Å²) in [6.45, 7) is 4.58. The van der Waals surface area contributed by atoms with E-state index in [-0.39, 0.29) is 23.1 Å². The maximum absolute atomic E-state index is 12.3. The van der Waals surface area contributed by atoms with Gasteiger partial charge in [-0.25, -0.2) is 13.1 Å². The number of methoxy groups -OCH3 is 1. The van der Waals surface area contributed by atoms with Crippen LogP contribution < -0.4 is 14.8 Å². The minimum Gasteiger partial charge on any atom is -0.496 e. The summed E-state index contributed by atoms with van der Waals surface area (Å²) in [6, 6.07) is 4.16. The van der Waals surface area contributed by atoms with Gasteiger partial charge in [0, 0.05) is 20.2 Å². The van der Waals surface area contributed by atoms with E-state index in [2.05, 4.69) is 10.0 Å². The molecular formula is C15H24N2O5S. The highest BCUT2D eigenvalue weighted by Crippen LogP contribution is 2.22. The van der Waals surface area contributed by atoms with Crippen molar-refractivity contribution in [2.75, 3.05) is 27.3 Å². The van der Waals surface area contributed by atoms with E-state index in [0.29, 0.717) is 18.8 Å². The molecule has 0 heterocycles. The molecule has 0 bridgehead atoms. The lowest BCUT2D eigenvalue weighted by Gasteiger charge is -2.11. The molecule has 0 fully saturated rings. The Balaban J connectivity index is 2.82. The van der Waals surface area contributed by atoms with Crippen LogP contribution in [-0.2, 0) is 14.8 Å². The Morgan fingerprint density at radius 2 is 2.00 bits per heavy atom. The number of carbonyl (C=O) groups is 1. The maximum Gasteiger partial charge on any atom is 0.254 e. The zero-order valence-electron chi connectivity index (χ0n) is 13.9. The molecule has 0 spiro atoms. The van der Waals surface area contributed by atoms with Crippen molar-refractivity contribution in [3.63, 3.8) is 0 Å². The van der Waals surface area contributed by atoms with Gasteiger partial charge in [-0.15, -0.1) is 0 Å². The fraction of sp³-hybridized carbons (Fsp3) is 0.533. The zero-order valence-corrected chi connectivity index (χ0v) is 14.7. The van der Waals surface area contributed by atoms with Gasteiger partial charge in [0.2, 0.25) is 10.0 Å². The van der Waals surface area contributed by atoms with Crippen LogP contribution in [0, 0.1) is 0 Å². The van der Waals surface area contributed by atoms with Crippen molar-refractivity contribution in [3.05, 3.63) is 23.8 Å². The Bertz CT molecular complexity index is 629. The van der Waals surface area contributed by atoms with Gasteiger partial charge in [-0.2, -0.15) is 0 Å². The van der Waals surface area contributed by atoms with Crippen molar-refractivity contribution < 1.29 is 22.7 Å². The second-order valence-electron chi connectivity index (χ2n) is 5.11. The van der Waals surface area contributed by atoms with Crippen LogP contribution >= 0.6 is 0 Å². The van der Waals surface area contributed by atoms with Gasteiger partial charge in [0.25, 0.3) is 5.91 Å². The molecule has 1 aromatic rings. The Labute approximate surface area is 137 Å². The van der Waals surface area contributed by atoms with Crippen molar-refractivity contribution in [3.8, 4) is 5.75 Å². The number of rotatable bonds is 9. The molecule has 0 aromatic heterocycles. The summed E-state index contributed by atoms with van der Waals surface area (Å²) < 4.78 is 37.5. The van der Waals surface area contributed by atoms with E-state index in [1.807, 2.05) is 13.8 Å². The molecule has 0 saturated carbocycles. The SMILES string of the molecule is CNC(=O)c1cc(S(=O)(=O)NCCCOC(C)C)ccc1OC. The van der Waals surface area contributed by atoms with Crippen LogP contribution in [0.4, 0.5) is 0 Å². The molecule has 23 heavy (non-hydrogen) atoms. The van der Waals surface area contributed by atoms with E-state index in [1.165, 1.54) is 32.4 Å². The van der Waals surface area contributed by atoms with Crippen LogP contribution in [0.2, 0.25) is 0 Å². The fourth-order valence-corrected chi connectivity index (χ4v) is 2.95. The first-order chi connectivity index (χ1) is 10.8. The third kappa shape index (κ3) is 5.81. The molecule has 7 nitrogen and oxygen atoms in total. The van der Waals surface area contributed by atoms with Gasteiger partial charge < -0.3 is 14.8 Å². The average molecular weight is 344 g/mol. The molecule has 1 aromatic carbocycles. The Hall–Kier alpha value is -1.64. The standard InChI is InChI=1S/C15H24N2O5S/c1-11(2)22-9-5-8-17-23(19,20)12-6-7-14(21-4)13(10-12)15(18)16-3/h6-7,10-11,17H,5,8-9H2,1-4H3,(H,16,18). The highest BCUT2D eigenvalue weighted by molar-refractivity contribution is 7.89. The zero-order chi connectivity index (χ0) is 17.5. The molecule has 1 rings (SSSR count). The van der Waals surface area contributed by atoms with Crippen molar-refractivity contribution >= 4 is 15.9 Å². The van der Waals surface area contributed by atoms with Gasteiger partial charge >= 0.3 is 0 Å². The molecule has 130 valence electrons. The van der Waals surface area contributed by atoms with E-state index < -0.39 is 15.9 Å². The molecule has 0 aliphatic rings. The summed E-state index contributed by atoms with van der Waals surface area (Å²) >= 11 is 0. The first-order valence-corrected chi connectivity index (χ1v) is 8.81. The second kappa shape index (κ2) is 8.85. The number of hydrogen-bond donors (Lipinski definition) is 2. The van der Waals surface area contributed by atoms with E-state index >= 15 is 0 Å². The highest BCUT2D eigenvalue weighted by Gasteiger charge is 2.18. The second-order valence-corrected chi connectivity index (χ2v) is 6.88. The molecule has 0 aliphatic carbocycles. The van der Waals surface area contributed by atoms with Crippen LogP contribution in [0.5, 0.6) is 5.75 Å². The predicted molar refractivity (Wildman–Crippen MR) is 87.3 cm³/mol. The Kier molecular flexibility index (Phi) is 7.47. The normalized spacial score (nSPS) is 11.5.